The standard InChI is InChI=1S/C19H25N3O3S/c1-19(2,3)15-8-12-17(13-9-15)26(24,25)21-20-18(23)14-6-10-16(11-7-14)22(4)5/h6-13,21H,1-5H3,(H,20,23). The number of amides is 1. The van der Waals surface area contributed by atoms with Crippen molar-refractivity contribution in [2.75, 3.05) is 19.0 Å². The molecular formula is C19H25N3O3S. The maximum Gasteiger partial charge on any atom is 0.266 e. The summed E-state index contributed by atoms with van der Waals surface area (Å²) >= 11 is 0. The normalized spacial score (nSPS) is 11.9. The van der Waals surface area contributed by atoms with Gasteiger partial charge in [-0.15, -0.1) is 4.83 Å². The van der Waals surface area contributed by atoms with Crippen LogP contribution < -0.4 is 15.2 Å². The van der Waals surface area contributed by atoms with Crippen molar-refractivity contribution in [2.45, 2.75) is 31.1 Å². The zero-order valence-corrected chi connectivity index (χ0v) is 16.5. The summed E-state index contributed by atoms with van der Waals surface area (Å²) in [4.78, 5) is 16.3. The van der Waals surface area contributed by atoms with Crippen LogP contribution in [0.15, 0.2) is 53.4 Å². The van der Waals surface area contributed by atoms with Gasteiger partial charge in [-0.2, -0.15) is 0 Å². The number of hydrogen-bond donors (Lipinski definition) is 2. The average molecular weight is 375 g/mol. The Labute approximate surface area is 155 Å². The van der Waals surface area contributed by atoms with Crippen molar-refractivity contribution >= 4 is 21.6 Å². The van der Waals surface area contributed by atoms with Crippen molar-refractivity contribution in [1.29, 1.82) is 0 Å². The fraction of sp³-hybridized carbons (Fsp3) is 0.316. The predicted octanol–water partition coefficient (Wildman–Crippen LogP) is 2.67. The van der Waals surface area contributed by atoms with Gasteiger partial charge in [0.25, 0.3) is 15.9 Å². The van der Waals surface area contributed by atoms with Crippen LogP contribution in [0.2, 0.25) is 0 Å². The SMILES string of the molecule is CN(C)c1ccc(C(=O)NNS(=O)(=O)c2ccc(C(C)(C)C)cc2)cc1. The van der Waals surface area contributed by atoms with E-state index in [4.69, 9.17) is 0 Å². The monoisotopic (exact) mass is 375 g/mol. The summed E-state index contributed by atoms with van der Waals surface area (Å²) in [5.74, 6) is -0.523. The number of carbonyl (C=O) groups is 1. The Bertz CT molecular complexity index is 866. The van der Waals surface area contributed by atoms with Gasteiger partial charge in [-0.3, -0.25) is 10.2 Å². The van der Waals surface area contributed by atoms with Crippen molar-refractivity contribution < 1.29 is 13.2 Å². The highest BCUT2D eigenvalue weighted by molar-refractivity contribution is 7.89. The molecule has 7 heteroatoms. The van der Waals surface area contributed by atoms with Crippen LogP contribution in [0.4, 0.5) is 5.69 Å². The zero-order valence-electron chi connectivity index (χ0n) is 15.7. The average Bonchev–Trinajstić information content (AvgIpc) is 2.59. The minimum absolute atomic E-state index is 0.0668. The van der Waals surface area contributed by atoms with Crippen LogP contribution in [-0.2, 0) is 15.4 Å². The van der Waals surface area contributed by atoms with Crippen molar-refractivity contribution in [2.24, 2.45) is 0 Å². The fourth-order valence-corrected chi connectivity index (χ4v) is 3.13. The molecule has 2 rings (SSSR count). The Kier molecular flexibility index (Phi) is 5.73. The van der Waals surface area contributed by atoms with Gasteiger partial charge in [0.1, 0.15) is 0 Å². The minimum atomic E-state index is -3.84. The van der Waals surface area contributed by atoms with Gasteiger partial charge < -0.3 is 4.90 Å². The number of hydrazine groups is 1. The van der Waals surface area contributed by atoms with Crippen LogP contribution in [0.3, 0.4) is 0 Å². The van der Waals surface area contributed by atoms with Gasteiger partial charge in [-0.1, -0.05) is 32.9 Å². The lowest BCUT2D eigenvalue weighted by Crippen LogP contribution is -2.41. The zero-order chi connectivity index (χ0) is 19.5. The Balaban J connectivity index is 2.06. The Morgan fingerprint density at radius 2 is 1.46 bits per heavy atom. The van der Waals surface area contributed by atoms with Gasteiger partial charge in [-0.25, -0.2) is 8.42 Å². The lowest BCUT2D eigenvalue weighted by atomic mass is 9.87. The summed E-state index contributed by atoms with van der Waals surface area (Å²) in [6, 6.07) is 13.5. The molecule has 140 valence electrons. The van der Waals surface area contributed by atoms with E-state index in [-0.39, 0.29) is 10.3 Å². The van der Waals surface area contributed by atoms with Crippen molar-refractivity contribution in [3.63, 3.8) is 0 Å². The highest BCUT2D eigenvalue weighted by Gasteiger charge is 2.18. The van der Waals surface area contributed by atoms with E-state index in [1.165, 1.54) is 12.1 Å². The minimum Gasteiger partial charge on any atom is -0.378 e. The number of rotatable bonds is 5. The highest BCUT2D eigenvalue weighted by Crippen LogP contribution is 2.23. The quantitative estimate of drug-likeness (QED) is 0.788. The molecule has 0 aliphatic heterocycles. The summed E-state index contributed by atoms with van der Waals surface area (Å²) < 4.78 is 24.7. The van der Waals surface area contributed by atoms with Crippen LogP contribution in [0.1, 0.15) is 36.7 Å². The van der Waals surface area contributed by atoms with Crippen LogP contribution in [0.25, 0.3) is 0 Å². The maximum atomic E-state index is 12.3. The first-order chi connectivity index (χ1) is 12.0. The molecular weight excluding hydrogens is 350 g/mol. The van der Waals surface area contributed by atoms with E-state index in [1.807, 2.05) is 19.0 Å². The molecule has 0 bridgehead atoms. The highest BCUT2D eigenvalue weighted by atomic mass is 32.2. The van der Waals surface area contributed by atoms with E-state index < -0.39 is 15.9 Å². The number of benzene rings is 2. The molecule has 0 saturated carbocycles. The predicted molar refractivity (Wildman–Crippen MR) is 104 cm³/mol. The molecule has 0 unspecified atom stereocenters. The Morgan fingerprint density at radius 1 is 0.923 bits per heavy atom. The lowest BCUT2D eigenvalue weighted by Gasteiger charge is -2.19. The first-order valence-electron chi connectivity index (χ1n) is 8.21. The second-order valence-electron chi connectivity index (χ2n) is 7.28. The number of anilines is 1. The van der Waals surface area contributed by atoms with Crippen LogP contribution >= 0.6 is 0 Å². The van der Waals surface area contributed by atoms with Gasteiger partial charge in [0.05, 0.1) is 4.90 Å². The van der Waals surface area contributed by atoms with E-state index >= 15 is 0 Å². The maximum absolute atomic E-state index is 12.3. The number of hydrogen-bond acceptors (Lipinski definition) is 4. The molecule has 0 fully saturated rings. The lowest BCUT2D eigenvalue weighted by molar-refractivity contribution is 0.0945. The molecule has 2 N–H and O–H groups in total. The van der Waals surface area contributed by atoms with Gasteiger partial charge in [0.15, 0.2) is 0 Å². The number of nitrogens with zero attached hydrogens (tertiary/aromatic N) is 1. The summed E-state index contributed by atoms with van der Waals surface area (Å²) in [6.45, 7) is 6.16. The molecule has 0 aliphatic carbocycles. The molecule has 2 aromatic rings. The van der Waals surface area contributed by atoms with Gasteiger partial charge in [0.2, 0.25) is 0 Å². The third kappa shape index (κ3) is 4.83. The molecule has 6 nitrogen and oxygen atoms in total. The second-order valence-corrected chi connectivity index (χ2v) is 8.96. The van der Waals surface area contributed by atoms with Gasteiger partial charge >= 0.3 is 0 Å². The Morgan fingerprint density at radius 3 is 1.92 bits per heavy atom. The van der Waals surface area contributed by atoms with E-state index in [9.17, 15) is 13.2 Å². The Hall–Kier alpha value is -2.38. The first-order valence-corrected chi connectivity index (χ1v) is 9.69. The van der Waals surface area contributed by atoms with E-state index in [1.54, 1.807) is 36.4 Å². The smallest absolute Gasteiger partial charge is 0.266 e. The number of nitrogens with one attached hydrogen (secondary N) is 2. The molecule has 26 heavy (non-hydrogen) atoms. The molecule has 0 heterocycles. The summed E-state index contributed by atoms with van der Waals surface area (Å²) in [5.41, 5.74) is 4.51. The van der Waals surface area contributed by atoms with Crippen molar-refractivity contribution in [1.82, 2.24) is 10.3 Å². The molecule has 0 saturated heterocycles. The molecule has 0 atom stereocenters. The molecule has 0 aliphatic rings. The summed E-state index contributed by atoms with van der Waals surface area (Å²) in [6.07, 6.45) is 0. The van der Waals surface area contributed by atoms with E-state index in [2.05, 4.69) is 31.0 Å². The van der Waals surface area contributed by atoms with E-state index in [0.29, 0.717) is 5.56 Å². The molecule has 1 amide bonds. The third-order valence-corrected chi connectivity index (χ3v) is 5.24. The summed E-state index contributed by atoms with van der Waals surface area (Å²) in [5, 5.41) is 0. The second kappa shape index (κ2) is 7.47. The molecule has 0 spiro atoms. The fourth-order valence-electron chi connectivity index (χ4n) is 2.29. The topological polar surface area (TPSA) is 78.5 Å². The van der Waals surface area contributed by atoms with Crippen LogP contribution in [0, 0.1) is 0 Å². The van der Waals surface area contributed by atoms with E-state index in [0.717, 1.165) is 11.3 Å². The van der Waals surface area contributed by atoms with Crippen LogP contribution in [-0.4, -0.2) is 28.4 Å². The van der Waals surface area contributed by atoms with Gasteiger partial charge in [-0.05, 0) is 47.4 Å². The molecule has 2 aromatic carbocycles. The summed E-state index contributed by atoms with van der Waals surface area (Å²) in [7, 11) is -0.0434. The van der Waals surface area contributed by atoms with Crippen molar-refractivity contribution in [3.05, 3.63) is 59.7 Å². The largest absolute Gasteiger partial charge is 0.378 e. The third-order valence-electron chi connectivity index (χ3n) is 3.98. The van der Waals surface area contributed by atoms with Crippen LogP contribution in [0.5, 0.6) is 0 Å². The first kappa shape index (κ1) is 19.9. The number of sulfonamides is 1. The molecule has 0 radical (unpaired) electrons. The van der Waals surface area contributed by atoms with Gasteiger partial charge in [0, 0.05) is 25.3 Å². The molecule has 0 aromatic heterocycles. The van der Waals surface area contributed by atoms with Crippen molar-refractivity contribution in [3.8, 4) is 0 Å². The number of carbonyl (C=O) groups excluding carboxylic acids is 1.